The molecule has 0 saturated carbocycles. The molecule has 0 aliphatic heterocycles. The van der Waals surface area contributed by atoms with Crippen LogP contribution < -0.4 is 10.6 Å². The first kappa shape index (κ1) is 19.0. The maximum atomic E-state index is 11.8. The molecule has 3 amide bonds. The quantitative estimate of drug-likeness (QED) is 0.771. The number of aryl methyl sites for hydroxylation is 1. The molecule has 2 N–H and O–H groups in total. The first-order valence-electron chi connectivity index (χ1n) is 8.03. The van der Waals surface area contributed by atoms with E-state index in [1.165, 1.54) is 17.3 Å². The number of nitrogens with zero attached hydrogens (tertiary/aromatic N) is 3. The molecule has 0 bridgehead atoms. The molecule has 0 fully saturated rings. The zero-order valence-electron chi connectivity index (χ0n) is 14.9. The predicted molar refractivity (Wildman–Crippen MR) is 98.3 cm³/mol. The molecule has 8 heteroatoms. The third-order valence-corrected chi connectivity index (χ3v) is 4.42. The summed E-state index contributed by atoms with van der Waals surface area (Å²) in [5, 5.41) is 13.9. The van der Waals surface area contributed by atoms with Crippen molar-refractivity contribution in [2.75, 3.05) is 12.3 Å². The highest BCUT2D eigenvalue weighted by molar-refractivity contribution is 7.99. The molecule has 0 radical (unpaired) electrons. The lowest BCUT2D eigenvalue weighted by molar-refractivity contribution is -0.117. The van der Waals surface area contributed by atoms with Gasteiger partial charge in [-0.25, -0.2) is 4.79 Å². The van der Waals surface area contributed by atoms with E-state index in [-0.39, 0.29) is 11.7 Å². The Bertz CT molecular complexity index is 740. The summed E-state index contributed by atoms with van der Waals surface area (Å²) in [5.41, 5.74) is 2.14. The van der Waals surface area contributed by atoms with Crippen molar-refractivity contribution in [3.63, 3.8) is 0 Å². The minimum Gasteiger partial charge on any atom is -0.338 e. The van der Waals surface area contributed by atoms with Crippen LogP contribution >= 0.6 is 11.8 Å². The first-order valence-corrected chi connectivity index (χ1v) is 9.02. The molecule has 0 spiro atoms. The van der Waals surface area contributed by atoms with Gasteiger partial charge in [-0.3, -0.25) is 10.1 Å². The van der Waals surface area contributed by atoms with E-state index in [1.54, 1.807) is 0 Å². The Kier molecular flexibility index (Phi) is 6.58. The molecular formula is C17H23N5O2S. The molecule has 1 aromatic heterocycles. The standard InChI is InChI=1S/C17H23N5O2S/c1-11(2)9-18-16(24)19-14(23)10-25-17-21-20-15(22(17)4)13-7-5-12(3)6-8-13/h5-8,11H,9-10H2,1-4H3,(H2,18,19,23,24). The zero-order valence-corrected chi connectivity index (χ0v) is 15.7. The SMILES string of the molecule is Cc1ccc(-c2nnc(SCC(=O)NC(=O)NCC(C)C)n2C)cc1. The van der Waals surface area contributed by atoms with Crippen molar-refractivity contribution in [1.82, 2.24) is 25.4 Å². The largest absolute Gasteiger partial charge is 0.338 e. The molecule has 0 atom stereocenters. The van der Waals surface area contributed by atoms with Crippen LogP contribution in [0.2, 0.25) is 0 Å². The number of carbonyl (C=O) groups excluding carboxylic acids is 2. The Morgan fingerprint density at radius 1 is 1.20 bits per heavy atom. The third kappa shape index (κ3) is 5.60. The number of amides is 3. The Hall–Kier alpha value is -2.35. The molecule has 0 aliphatic carbocycles. The van der Waals surface area contributed by atoms with Crippen molar-refractivity contribution in [2.24, 2.45) is 13.0 Å². The van der Waals surface area contributed by atoms with Gasteiger partial charge in [0, 0.05) is 19.2 Å². The van der Waals surface area contributed by atoms with E-state index in [0.717, 1.165) is 11.4 Å². The third-order valence-electron chi connectivity index (χ3n) is 3.40. The number of urea groups is 1. The van der Waals surface area contributed by atoms with E-state index in [4.69, 9.17) is 0 Å². The highest BCUT2D eigenvalue weighted by atomic mass is 32.2. The summed E-state index contributed by atoms with van der Waals surface area (Å²) in [6.07, 6.45) is 0. The lowest BCUT2D eigenvalue weighted by Crippen LogP contribution is -2.41. The van der Waals surface area contributed by atoms with Crippen LogP contribution in [-0.2, 0) is 11.8 Å². The van der Waals surface area contributed by atoms with Gasteiger partial charge in [-0.15, -0.1) is 10.2 Å². The van der Waals surface area contributed by atoms with Crippen molar-refractivity contribution in [3.05, 3.63) is 29.8 Å². The summed E-state index contributed by atoms with van der Waals surface area (Å²) < 4.78 is 1.83. The van der Waals surface area contributed by atoms with Gasteiger partial charge in [-0.2, -0.15) is 0 Å². The number of thioether (sulfide) groups is 1. The minimum absolute atomic E-state index is 0.0922. The van der Waals surface area contributed by atoms with E-state index < -0.39 is 6.03 Å². The number of imide groups is 1. The second-order valence-corrected chi connectivity index (χ2v) is 7.11. The molecular weight excluding hydrogens is 338 g/mol. The smallest absolute Gasteiger partial charge is 0.321 e. The van der Waals surface area contributed by atoms with Gasteiger partial charge in [0.25, 0.3) is 0 Å². The molecule has 7 nitrogen and oxygen atoms in total. The topological polar surface area (TPSA) is 88.9 Å². The monoisotopic (exact) mass is 361 g/mol. The fourth-order valence-electron chi connectivity index (χ4n) is 2.03. The Morgan fingerprint density at radius 2 is 1.88 bits per heavy atom. The minimum atomic E-state index is -0.474. The van der Waals surface area contributed by atoms with Crippen LogP contribution in [0, 0.1) is 12.8 Å². The summed E-state index contributed by atoms with van der Waals surface area (Å²) in [6, 6.07) is 7.52. The van der Waals surface area contributed by atoms with Crippen LogP contribution in [0.5, 0.6) is 0 Å². The molecule has 25 heavy (non-hydrogen) atoms. The van der Waals surface area contributed by atoms with Crippen molar-refractivity contribution in [2.45, 2.75) is 25.9 Å². The Balaban J connectivity index is 1.90. The molecule has 0 unspecified atom stereocenters. The molecule has 0 aliphatic rings. The highest BCUT2D eigenvalue weighted by Gasteiger charge is 2.14. The lowest BCUT2D eigenvalue weighted by Gasteiger charge is -2.08. The summed E-state index contributed by atoms with van der Waals surface area (Å²) in [6.45, 7) is 6.52. The van der Waals surface area contributed by atoms with Crippen LogP contribution in [0.1, 0.15) is 19.4 Å². The number of rotatable bonds is 6. The maximum absolute atomic E-state index is 11.8. The van der Waals surface area contributed by atoms with Crippen LogP contribution in [-0.4, -0.2) is 39.0 Å². The van der Waals surface area contributed by atoms with Crippen molar-refractivity contribution in [1.29, 1.82) is 0 Å². The number of carbonyl (C=O) groups is 2. The van der Waals surface area contributed by atoms with E-state index in [1.807, 2.05) is 56.7 Å². The summed E-state index contributed by atoms with van der Waals surface area (Å²) in [7, 11) is 1.85. The number of hydrogen-bond acceptors (Lipinski definition) is 5. The van der Waals surface area contributed by atoms with Gasteiger partial charge >= 0.3 is 6.03 Å². The van der Waals surface area contributed by atoms with Crippen LogP contribution in [0.3, 0.4) is 0 Å². The lowest BCUT2D eigenvalue weighted by atomic mass is 10.1. The van der Waals surface area contributed by atoms with Gasteiger partial charge in [0.2, 0.25) is 5.91 Å². The van der Waals surface area contributed by atoms with Gasteiger partial charge in [0.1, 0.15) is 0 Å². The van der Waals surface area contributed by atoms with Gasteiger partial charge in [-0.1, -0.05) is 55.4 Å². The van der Waals surface area contributed by atoms with Gasteiger partial charge < -0.3 is 9.88 Å². The van der Waals surface area contributed by atoms with Crippen LogP contribution in [0.15, 0.2) is 29.4 Å². The molecule has 2 aromatic rings. The maximum Gasteiger partial charge on any atom is 0.321 e. The summed E-state index contributed by atoms with van der Waals surface area (Å²) in [5.74, 6) is 0.785. The van der Waals surface area contributed by atoms with Crippen LogP contribution in [0.25, 0.3) is 11.4 Å². The second-order valence-electron chi connectivity index (χ2n) is 6.17. The number of hydrogen-bond donors (Lipinski definition) is 2. The zero-order chi connectivity index (χ0) is 18.4. The number of benzene rings is 1. The van der Waals surface area contributed by atoms with Crippen LogP contribution in [0.4, 0.5) is 4.79 Å². The fraction of sp³-hybridized carbons (Fsp3) is 0.412. The van der Waals surface area contributed by atoms with E-state index in [0.29, 0.717) is 17.6 Å². The predicted octanol–water partition coefficient (Wildman–Crippen LogP) is 2.36. The van der Waals surface area contributed by atoms with Crippen molar-refractivity contribution in [3.8, 4) is 11.4 Å². The Morgan fingerprint density at radius 3 is 2.52 bits per heavy atom. The molecule has 1 aromatic carbocycles. The van der Waals surface area contributed by atoms with Crippen molar-refractivity contribution >= 4 is 23.7 Å². The van der Waals surface area contributed by atoms with Crippen molar-refractivity contribution < 1.29 is 9.59 Å². The molecule has 0 saturated heterocycles. The molecule has 134 valence electrons. The first-order chi connectivity index (χ1) is 11.9. The Labute approximate surface area is 151 Å². The molecule has 1 heterocycles. The fourth-order valence-corrected chi connectivity index (χ4v) is 2.74. The van der Waals surface area contributed by atoms with E-state index in [9.17, 15) is 9.59 Å². The highest BCUT2D eigenvalue weighted by Crippen LogP contribution is 2.22. The normalized spacial score (nSPS) is 10.8. The number of nitrogens with one attached hydrogen (secondary N) is 2. The van der Waals surface area contributed by atoms with E-state index in [2.05, 4.69) is 20.8 Å². The van der Waals surface area contributed by atoms with Gasteiger partial charge in [-0.05, 0) is 12.8 Å². The second kappa shape index (κ2) is 8.66. The van der Waals surface area contributed by atoms with Gasteiger partial charge in [0.05, 0.1) is 5.75 Å². The summed E-state index contributed by atoms with van der Waals surface area (Å²) >= 11 is 1.24. The average molecular weight is 361 g/mol. The summed E-state index contributed by atoms with van der Waals surface area (Å²) in [4.78, 5) is 23.4. The van der Waals surface area contributed by atoms with E-state index >= 15 is 0 Å². The van der Waals surface area contributed by atoms with Gasteiger partial charge in [0.15, 0.2) is 11.0 Å². The molecule has 2 rings (SSSR count). The number of aromatic nitrogens is 3. The average Bonchev–Trinajstić information content (AvgIpc) is 2.92.